The Labute approximate surface area is 220 Å². The quantitative estimate of drug-likeness (QED) is 0.485. The molecule has 1 saturated carbocycles. The molecule has 2 amide bonds. The Bertz CT molecular complexity index is 1410. The fourth-order valence-electron chi connectivity index (χ4n) is 4.89. The maximum Gasteiger partial charge on any atom is 0.318 e. The SMILES string of the molecule is CNC(=O)Nc1ccc(-c2nc(C3C(C)C3S(=O)(=O)c3scnc3C)cc(N3CCOC[C@@H]3C)n2)cc1. The first-order valence-electron chi connectivity index (χ1n) is 12.2. The minimum Gasteiger partial charge on any atom is -0.377 e. The van der Waals surface area contributed by atoms with Gasteiger partial charge < -0.3 is 20.3 Å². The number of hydrogen-bond donors (Lipinski definition) is 2. The number of nitrogens with one attached hydrogen (secondary N) is 2. The van der Waals surface area contributed by atoms with E-state index in [1.54, 1.807) is 31.6 Å². The van der Waals surface area contributed by atoms with Gasteiger partial charge in [-0.2, -0.15) is 0 Å². The van der Waals surface area contributed by atoms with Crippen LogP contribution in [0.5, 0.6) is 0 Å². The summed E-state index contributed by atoms with van der Waals surface area (Å²) in [5, 5.41) is 4.71. The van der Waals surface area contributed by atoms with E-state index in [2.05, 4.69) is 27.4 Å². The molecule has 1 aliphatic carbocycles. The summed E-state index contributed by atoms with van der Waals surface area (Å²) < 4.78 is 32.9. The molecule has 3 aromatic rings. The van der Waals surface area contributed by atoms with Gasteiger partial charge in [-0.1, -0.05) is 6.92 Å². The summed E-state index contributed by atoms with van der Waals surface area (Å²) in [6.07, 6.45) is 0. The molecule has 10 nitrogen and oxygen atoms in total. The molecule has 4 atom stereocenters. The average molecular weight is 543 g/mol. The molecular weight excluding hydrogens is 512 g/mol. The number of sulfone groups is 1. The summed E-state index contributed by atoms with van der Waals surface area (Å²) in [6.45, 7) is 7.65. The number of urea groups is 1. The van der Waals surface area contributed by atoms with Crippen LogP contribution in [0.1, 0.15) is 31.2 Å². The molecule has 1 saturated heterocycles. The topological polar surface area (TPSA) is 126 Å². The number of thiazole rings is 1. The second kappa shape index (κ2) is 9.99. The predicted molar refractivity (Wildman–Crippen MR) is 143 cm³/mol. The summed E-state index contributed by atoms with van der Waals surface area (Å²) in [5.41, 5.74) is 4.25. The summed E-state index contributed by atoms with van der Waals surface area (Å²) in [6, 6.07) is 9.03. The van der Waals surface area contributed by atoms with Crippen LogP contribution in [-0.2, 0) is 14.6 Å². The maximum absolute atomic E-state index is 13.5. The summed E-state index contributed by atoms with van der Waals surface area (Å²) >= 11 is 1.17. The lowest BCUT2D eigenvalue weighted by molar-refractivity contribution is 0.0985. The van der Waals surface area contributed by atoms with Crippen LogP contribution in [0.15, 0.2) is 40.1 Å². The number of morpholine rings is 1. The number of hydrogen-bond acceptors (Lipinski definition) is 9. The molecule has 2 fully saturated rings. The van der Waals surface area contributed by atoms with Crippen molar-refractivity contribution in [3.05, 3.63) is 47.2 Å². The Kier molecular flexibility index (Phi) is 6.90. The molecule has 1 aliphatic heterocycles. The summed E-state index contributed by atoms with van der Waals surface area (Å²) in [5.74, 6) is 0.954. The van der Waals surface area contributed by atoms with Gasteiger partial charge in [0.05, 0.1) is 41.4 Å². The molecule has 3 heterocycles. The van der Waals surface area contributed by atoms with E-state index >= 15 is 0 Å². The zero-order chi connectivity index (χ0) is 26.3. The first-order chi connectivity index (χ1) is 17.7. The lowest BCUT2D eigenvalue weighted by atomic mass is 10.1. The van der Waals surface area contributed by atoms with E-state index in [1.807, 2.05) is 25.1 Å². The van der Waals surface area contributed by atoms with Gasteiger partial charge in [0.1, 0.15) is 10.0 Å². The lowest BCUT2D eigenvalue weighted by Gasteiger charge is -2.34. The predicted octanol–water partition coefficient (Wildman–Crippen LogP) is 3.46. The van der Waals surface area contributed by atoms with E-state index in [-0.39, 0.29) is 23.9 Å². The van der Waals surface area contributed by atoms with Crippen LogP contribution < -0.4 is 15.5 Å². The first-order valence-corrected chi connectivity index (χ1v) is 14.6. The zero-order valence-corrected chi connectivity index (χ0v) is 22.8. The van der Waals surface area contributed by atoms with E-state index in [0.29, 0.717) is 41.2 Å². The second-order valence-corrected chi connectivity index (χ2v) is 12.6. The van der Waals surface area contributed by atoms with Crippen LogP contribution in [-0.4, -0.2) is 67.5 Å². The van der Waals surface area contributed by atoms with Crippen molar-refractivity contribution in [1.82, 2.24) is 20.3 Å². The fourth-order valence-corrected chi connectivity index (χ4v) is 8.55. The molecule has 2 aromatic heterocycles. The third kappa shape index (κ3) is 4.92. The molecule has 37 heavy (non-hydrogen) atoms. The van der Waals surface area contributed by atoms with Crippen LogP contribution in [0.3, 0.4) is 0 Å². The van der Waals surface area contributed by atoms with Crippen LogP contribution in [0.4, 0.5) is 16.3 Å². The maximum atomic E-state index is 13.5. The number of carbonyl (C=O) groups excluding carboxylic acids is 1. The van der Waals surface area contributed by atoms with E-state index < -0.39 is 15.1 Å². The highest BCUT2D eigenvalue weighted by atomic mass is 32.2. The van der Waals surface area contributed by atoms with Crippen molar-refractivity contribution in [3.63, 3.8) is 0 Å². The molecular formula is C25H30N6O4S2. The zero-order valence-electron chi connectivity index (χ0n) is 21.1. The van der Waals surface area contributed by atoms with Gasteiger partial charge in [0.2, 0.25) is 0 Å². The van der Waals surface area contributed by atoms with Gasteiger partial charge in [-0.05, 0) is 44.0 Å². The number of aromatic nitrogens is 3. The number of aryl methyl sites for hydroxylation is 1. The van der Waals surface area contributed by atoms with Gasteiger partial charge in [0, 0.05) is 36.8 Å². The number of rotatable bonds is 6. The Hall–Kier alpha value is -3.09. The largest absolute Gasteiger partial charge is 0.377 e. The van der Waals surface area contributed by atoms with Crippen LogP contribution in [0.25, 0.3) is 11.4 Å². The van der Waals surface area contributed by atoms with E-state index in [1.165, 1.54) is 11.3 Å². The molecule has 2 aliphatic rings. The second-order valence-electron chi connectivity index (χ2n) is 9.49. The Morgan fingerprint density at radius 1 is 1.19 bits per heavy atom. The Morgan fingerprint density at radius 3 is 2.59 bits per heavy atom. The van der Waals surface area contributed by atoms with Crippen molar-refractivity contribution in [3.8, 4) is 11.4 Å². The van der Waals surface area contributed by atoms with Crippen molar-refractivity contribution in [2.45, 2.75) is 42.2 Å². The highest BCUT2D eigenvalue weighted by molar-refractivity contribution is 7.94. The molecule has 12 heteroatoms. The van der Waals surface area contributed by atoms with Gasteiger partial charge in [0.25, 0.3) is 0 Å². The smallest absolute Gasteiger partial charge is 0.318 e. The van der Waals surface area contributed by atoms with E-state index in [0.717, 1.165) is 17.1 Å². The van der Waals surface area contributed by atoms with E-state index in [4.69, 9.17) is 14.7 Å². The number of nitrogens with zero attached hydrogens (tertiary/aromatic N) is 4. The van der Waals surface area contributed by atoms with Crippen molar-refractivity contribution in [1.29, 1.82) is 0 Å². The molecule has 0 spiro atoms. The van der Waals surface area contributed by atoms with Crippen LogP contribution in [0.2, 0.25) is 0 Å². The van der Waals surface area contributed by atoms with Gasteiger partial charge in [-0.3, -0.25) is 0 Å². The fraction of sp³-hybridized carbons (Fsp3) is 0.440. The lowest BCUT2D eigenvalue weighted by Crippen LogP contribution is -2.44. The monoisotopic (exact) mass is 542 g/mol. The van der Waals surface area contributed by atoms with Gasteiger partial charge in [-0.25, -0.2) is 28.2 Å². The third-order valence-electron chi connectivity index (χ3n) is 6.98. The molecule has 0 radical (unpaired) electrons. The number of ether oxygens (including phenoxy) is 1. The highest BCUT2D eigenvalue weighted by Gasteiger charge is 2.58. The van der Waals surface area contributed by atoms with Gasteiger partial charge in [-0.15, -0.1) is 11.3 Å². The molecule has 5 rings (SSSR count). The molecule has 3 unspecified atom stereocenters. The molecule has 2 N–H and O–H groups in total. The summed E-state index contributed by atoms with van der Waals surface area (Å²) in [7, 11) is -1.97. The normalized spacial score (nSPS) is 23.5. The van der Waals surface area contributed by atoms with Crippen molar-refractivity contribution in [2.75, 3.05) is 37.0 Å². The van der Waals surface area contributed by atoms with Gasteiger partial charge >= 0.3 is 6.03 Å². The molecule has 1 aromatic carbocycles. The Balaban J connectivity index is 1.52. The van der Waals surface area contributed by atoms with Crippen LogP contribution >= 0.6 is 11.3 Å². The third-order valence-corrected chi connectivity index (χ3v) is 10.9. The standard InChI is InChI=1S/C25H30N6O4S2/c1-14-12-35-10-9-31(14)20-11-19(21-15(2)22(21)37(33,34)24-16(3)27-13-36-24)29-23(30-20)17-5-7-18(8-6-17)28-25(32)26-4/h5-8,11,13-15,21-22H,9-10,12H2,1-4H3,(H2,26,28,32)/t14-,15?,21?,22?/m0/s1. The number of anilines is 2. The number of benzene rings is 1. The minimum atomic E-state index is -3.53. The van der Waals surface area contributed by atoms with E-state index in [9.17, 15) is 13.2 Å². The van der Waals surface area contributed by atoms with Crippen molar-refractivity contribution < 1.29 is 17.9 Å². The minimum absolute atomic E-state index is 0.0802. The average Bonchev–Trinajstić information content (AvgIpc) is 3.39. The van der Waals surface area contributed by atoms with Crippen LogP contribution in [0, 0.1) is 12.8 Å². The summed E-state index contributed by atoms with van der Waals surface area (Å²) in [4.78, 5) is 27.7. The van der Waals surface area contributed by atoms with Gasteiger partial charge in [0.15, 0.2) is 15.7 Å². The van der Waals surface area contributed by atoms with Crippen molar-refractivity contribution >= 4 is 38.7 Å². The molecule has 196 valence electrons. The highest BCUT2D eigenvalue weighted by Crippen LogP contribution is 2.54. The number of carbonyl (C=O) groups is 1. The van der Waals surface area contributed by atoms with Crippen molar-refractivity contribution in [2.24, 2.45) is 5.92 Å². The molecule has 0 bridgehead atoms. The Morgan fingerprint density at radius 2 is 1.95 bits per heavy atom. The number of amides is 2. The first kappa shape index (κ1) is 25.6.